The van der Waals surface area contributed by atoms with Gasteiger partial charge in [0.25, 0.3) is 0 Å². The molecule has 126 valence electrons. The Morgan fingerprint density at radius 1 is 1.25 bits per heavy atom. The van der Waals surface area contributed by atoms with Crippen LogP contribution < -0.4 is 20.7 Å². The Morgan fingerprint density at radius 2 is 1.96 bits per heavy atom. The highest BCUT2D eigenvalue weighted by Gasteiger charge is 2.18. The minimum atomic E-state index is -0.0574. The van der Waals surface area contributed by atoms with Gasteiger partial charge in [0, 0.05) is 12.1 Å². The summed E-state index contributed by atoms with van der Waals surface area (Å²) in [5, 5.41) is 8.86. The molecule has 0 saturated carbocycles. The summed E-state index contributed by atoms with van der Waals surface area (Å²) in [4.78, 5) is 8.58. The number of amides is 1. The molecule has 0 bridgehead atoms. The van der Waals surface area contributed by atoms with Crippen molar-refractivity contribution in [1.82, 2.24) is 5.48 Å². The summed E-state index contributed by atoms with van der Waals surface area (Å²) < 4.78 is 11.6. The standard InChI is InChI=1S/C17H17NO3.CH3NO/c1-12-14(11-18-19)9-13-10-16(7-8-17(13)20-12)21-15-5-3-2-4-6-15;2-1-3/h2-10,12,18-19H,11H2,1H3;1H,(H2,2,3). The van der Waals surface area contributed by atoms with Crippen LogP contribution in [-0.4, -0.2) is 24.3 Å². The molecular formula is C18H20N2O4. The van der Waals surface area contributed by atoms with Gasteiger partial charge in [0.1, 0.15) is 23.4 Å². The Balaban J connectivity index is 0.000000647. The van der Waals surface area contributed by atoms with Gasteiger partial charge in [0.05, 0.1) is 0 Å². The molecule has 0 spiro atoms. The summed E-state index contributed by atoms with van der Waals surface area (Å²) in [5.41, 5.74) is 8.28. The highest BCUT2D eigenvalue weighted by molar-refractivity contribution is 5.65. The Hall–Kier alpha value is -2.83. The number of nitrogens with one attached hydrogen (secondary N) is 1. The first-order valence-corrected chi connectivity index (χ1v) is 7.44. The molecule has 2 aromatic rings. The van der Waals surface area contributed by atoms with Gasteiger partial charge in [-0.25, -0.2) is 5.48 Å². The second kappa shape index (κ2) is 8.71. The van der Waals surface area contributed by atoms with Gasteiger partial charge in [-0.05, 0) is 48.9 Å². The van der Waals surface area contributed by atoms with Crippen LogP contribution in [0.4, 0.5) is 0 Å². The SMILES string of the molecule is CC1Oc2ccc(Oc3ccccc3)cc2C=C1CNO.NC=O. The van der Waals surface area contributed by atoms with Crippen LogP contribution in [0.2, 0.25) is 0 Å². The van der Waals surface area contributed by atoms with Crippen molar-refractivity contribution in [2.75, 3.05) is 6.54 Å². The molecule has 0 saturated heterocycles. The fourth-order valence-electron chi connectivity index (χ4n) is 2.30. The van der Waals surface area contributed by atoms with E-state index in [0.29, 0.717) is 6.54 Å². The molecule has 6 heteroatoms. The van der Waals surface area contributed by atoms with E-state index in [2.05, 4.69) is 11.2 Å². The lowest BCUT2D eigenvalue weighted by molar-refractivity contribution is -0.106. The number of rotatable bonds is 4. The van der Waals surface area contributed by atoms with Crippen molar-refractivity contribution in [1.29, 1.82) is 0 Å². The number of primary amides is 1. The molecule has 24 heavy (non-hydrogen) atoms. The Labute approximate surface area is 140 Å². The van der Waals surface area contributed by atoms with Gasteiger partial charge in [-0.15, -0.1) is 0 Å². The quantitative estimate of drug-likeness (QED) is 0.593. The van der Waals surface area contributed by atoms with E-state index in [1.807, 2.05) is 61.5 Å². The maximum Gasteiger partial charge on any atom is 0.204 e. The summed E-state index contributed by atoms with van der Waals surface area (Å²) in [6.07, 6.45) is 2.21. The zero-order chi connectivity index (χ0) is 17.4. The summed E-state index contributed by atoms with van der Waals surface area (Å²) in [6.45, 7) is 2.34. The molecule has 0 aliphatic carbocycles. The normalized spacial score (nSPS) is 15.1. The first-order valence-electron chi connectivity index (χ1n) is 7.44. The summed E-state index contributed by atoms with van der Waals surface area (Å²) in [7, 11) is 0. The maximum atomic E-state index is 8.86. The van der Waals surface area contributed by atoms with Crippen LogP contribution >= 0.6 is 0 Å². The van der Waals surface area contributed by atoms with Crippen LogP contribution in [0.3, 0.4) is 0 Å². The van der Waals surface area contributed by atoms with Crippen LogP contribution in [0.1, 0.15) is 12.5 Å². The first kappa shape index (κ1) is 17.5. The number of hydrogen-bond acceptors (Lipinski definition) is 5. The Bertz CT molecular complexity index is 701. The average Bonchev–Trinajstić information content (AvgIpc) is 2.58. The number of fused-ring (bicyclic) bond motifs is 1. The van der Waals surface area contributed by atoms with Crippen molar-refractivity contribution in [3.63, 3.8) is 0 Å². The fraction of sp³-hybridized carbons (Fsp3) is 0.167. The Kier molecular flexibility index (Phi) is 6.36. The van der Waals surface area contributed by atoms with E-state index in [4.69, 9.17) is 19.5 Å². The van der Waals surface area contributed by atoms with E-state index in [0.717, 1.165) is 28.4 Å². The molecule has 0 aromatic heterocycles. The van der Waals surface area contributed by atoms with E-state index in [-0.39, 0.29) is 12.5 Å². The number of benzene rings is 2. The molecule has 0 fully saturated rings. The van der Waals surface area contributed by atoms with Crippen LogP contribution in [-0.2, 0) is 4.79 Å². The van der Waals surface area contributed by atoms with Crippen LogP contribution in [0.25, 0.3) is 6.08 Å². The van der Waals surface area contributed by atoms with Gasteiger partial charge in [-0.2, -0.15) is 0 Å². The number of hydrogen-bond donors (Lipinski definition) is 3. The molecule has 1 atom stereocenters. The van der Waals surface area contributed by atoms with Crippen LogP contribution in [0, 0.1) is 0 Å². The minimum absolute atomic E-state index is 0.0574. The summed E-state index contributed by atoms with van der Waals surface area (Å²) in [5.74, 6) is 2.37. The number of para-hydroxylation sites is 1. The lowest BCUT2D eigenvalue weighted by atomic mass is 10.0. The predicted molar refractivity (Wildman–Crippen MR) is 91.1 cm³/mol. The zero-order valence-corrected chi connectivity index (χ0v) is 13.3. The Morgan fingerprint density at radius 3 is 2.62 bits per heavy atom. The molecule has 2 aromatic carbocycles. The fourth-order valence-corrected chi connectivity index (χ4v) is 2.30. The van der Waals surface area contributed by atoms with E-state index in [9.17, 15) is 0 Å². The molecule has 6 nitrogen and oxygen atoms in total. The van der Waals surface area contributed by atoms with Crippen molar-refractivity contribution >= 4 is 12.5 Å². The smallest absolute Gasteiger partial charge is 0.204 e. The molecule has 1 aliphatic rings. The average molecular weight is 328 g/mol. The van der Waals surface area contributed by atoms with Gasteiger partial charge in [0.15, 0.2) is 0 Å². The van der Waals surface area contributed by atoms with E-state index in [1.165, 1.54) is 0 Å². The van der Waals surface area contributed by atoms with E-state index >= 15 is 0 Å². The maximum absolute atomic E-state index is 8.86. The largest absolute Gasteiger partial charge is 0.486 e. The van der Waals surface area contributed by atoms with Gasteiger partial charge in [0.2, 0.25) is 6.41 Å². The third-order valence-electron chi connectivity index (χ3n) is 3.41. The number of ether oxygens (including phenoxy) is 2. The first-order chi connectivity index (χ1) is 11.7. The van der Waals surface area contributed by atoms with Gasteiger partial charge >= 0.3 is 0 Å². The molecule has 1 unspecified atom stereocenters. The van der Waals surface area contributed by atoms with Gasteiger partial charge in [-0.3, -0.25) is 4.79 Å². The molecule has 1 aliphatic heterocycles. The van der Waals surface area contributed by atoms with Gasteiger partial charge < -0.3 is 20.4 Å². The molecule has 1 amide bonds. The number of carbonyl (C=O) groups excluding carboxylic acids is 1. The number of nitrogens with two attached hydrogens (primary N) is 1. The summed E-state index contributed by atoms with van der Waals surface area (Å²) in [6, 6.07) is 15.4. The molecule has 3 rings (SSSR count). The van der Waals surface area contributed by atoms with Crippen molar-refractivity contribution in [2.45, 2.75) is 13.0 Å². The second-order valence-electron chi connectivity index (χ2n) is 5.07. The van der Waals surface area contributed by atoms with Crippen molar-refractivity contribution in [3.05, 3.63) is 59.7 Å². The van der Waals surface area contributed by atoms with Crippen molar-refractivity contribution < 1.29 is 19.5 Å². The van der Waals surface area contributed by atoms with Crippen LogP contribution in [0.15, 0.2) is 54.1 Å². The third kappa shape index (κ3) is 4.58. The number of hydroxylamine groups is 1. The van der Waals surface area contributed by atoms with Gasteiger partial charge in [-0.1, -0.05) is 18.2 Å². The van der Waals surface area contributed by atoms with Crippen molar-refractivity contribution in [2.24, 2.45) is 5.73 Å². The van der Waals surface area contributed by atoms with E-state index < -0.39 is 0 Å². The molecular weight excluding hydrogens is 308 g/mol. The molecule has 1 heterocycles. The second-order valence-corrected chi connectivity index (χ2v) is 5.07. The third-order valence-corrected chi connectivity index (χ3v) is 3.41. The predicted octanol–water partition coefficient (Wildman–Crippen LogP) is 2.72. The minimum Gasteiger partial charge on any atom is -0.486 e. The topological polar surface area (TPSA) is 93.8 Å². The number of carbonyl (C=O) groups is 1. The molecule has 0 radical (unpaired) electrons. The lowest BCUT2D eigenvalue weighted by Crippen LogP contribution is -2.25. The zero-order valence-electron chi connectivity index (χ0n) is 13.3. The highest BCUT2D eigenvalue weighted by atomic mass is 16.5. The molecule has 4 N–H and O–H groups in total. The van der Waals surface area contributed by atoms with E-state index in [1.54, 1.807) is 0 Å². The van der Waals surface area contributed by atoms with Crippen LogP contribution in [0.5, 0.6) is 17.2 Å². The lowest BCUT2D eigenvalue weighted by Gasteiger charge is -2.24. The van der Waals surface area contributed by atoms with Crippen molar-refractivity contribution in [3.8, 4) is 17.2 Å². The highest BCUT2D eigenvalue weighted by Crippen LogP contribution is 2.33. The monoisotopic (exact) mass is 328 g/mol. The summed E-state index contributed by atoms with van der Waals surface area (Å²) >= 11 is 0.